The van der Waals surface area contributed by atoms with E-state index in [0.717, 1.165) is 96.3 Å². The number of aliphatic hydroxyl groups is 5. The minimum absolute atomic E-state index is 0.114. The minimum atomic E-state index is -1.62. The number of allylic oxidation sites excluding steroid dienone is 9. The molecule has 448 valence electrons. The van der Waals surface area contributed by atoms with Crippen LogP contribution in [0.3, 0.4) is 0 Å². The number of amides is 1. The molecule has 6 N–H and O–H groups in total. The summed E-state index contributed by atoms with van der Waals surface area (Å²) in [7, 11) is 0. The van der Waals surface area contributed by atoms with Gasteiger partial charge in [-0.1, -0.05) is 248 Å². The first-order valence-electron chi connectivity index (χ1n) is 32.1. The van der Waals surface area contributed by atoms with Crippen molar-refractivity contribution in [2.45, 2.75) is 333 Å². The highest BCUT2D eigenvalue weighted by molar-refractivity contribution is 5.80. The summed E-state index contributed by atoms with van der Waals surface area (Å²) in [5.41, 5.74) is 0. The maximum Gasteiger partial charge on any atom is 0.306 e. The SMILES string of the molecule is CCCCC/C=C\C/C=C\C/C=C\CCCCCCCCCCC(=O)OC1C(OCC(NC(=O)C(O)CCCCCCCC/C=C\CCCCCC)C(O)/C=C/CCCCCCCCCCCCC)OC(CO)C(O)C1O. The average Bonchev–Trinajstić information content (AvgIpc) is 3.43. The normalized spacial score (nSPS) is 19.4. The van der Waals surface area contributed by atoms with Crippen LogP contribution in [0.5, 0.6) is 0 Å². The number of hydrogen-bond donors (Lipinski definition) is 6. The van der Waals surface area contributed by atoms with Gasteiger partial charge in [-0.05, 0) is 89.9 Å². The van der Waals surface area contributed by atoms with E-state index in [0.29, 0.717) is 12.8 Å². The number of rotatable bonds is 54. The number of ether oxygens (including phenoxy) is 3. The fourth-order valence-corrected chi connectivity index (χ4v) is 9.77. The van der Waals surface area contributed by atoms with Crippen LogP contribution in [-0.2, 0) is 23.8 Å². The maximum absolute atomic E-state index is 13.4. The van der Waals surface area contributed by atoms with Crippen molar-refractivity contribution in [3.05, 3.63) is 60.8 Å². The van der Waals surface area contributed by atoms with Gasteiger partial charge in [-0.15, -0.1) is 0 Å². The highest BCUT2D eigenvalue weighted by atomic mass is 16.7. The first kappa shape index (κ1) is 72.4. The number of aliphatic hydroxyl groups excluding tert-OH is 5. The Morgan fingerprint density at radius 3 is 1.39 bits per heavy atom. The molecule has 1 fully saturated rings. The van der Waals surface area contributed by atoms with Gasteiger partial charge in [0.25, 0.3) is 0 Å². The molecule has 8 atom stereocenters. The summed E-state index contributed by atoms with van der Waals surface area (Å²) in [4.78, 5) is 26.6. The smallest absolute Gasteiger partial charge is 0.306 e. The molecular weight excluding hydrogens is 967 g/mol. The quantitative estimate of drug-likeness (QED) is 0.0195. The predicted molar refractivity (Wildman–Crippen MR) is 320 cm³/mol. The number of esters is 1. The summed E-state index contributed by atoms with van der Waals surface area (Å²) >= 11 is 0. The molecule has 1 heterocycles. The third kappa shape index (κ3) is 42.0. The van der Waals surface area contributed by atoms with E-state index in [2.05, 4.69) is 74.7 Å². The molecule has 1 aliphatic rings. The van der Waals surface area contributed by atoms with Crippen molar-refractivity contribution in [1.29, 1.82) is 0 Å². The Balaban J connectivity index is 2.66. The van der Waals surface area contributed by atoms with Crippen LogP contribution in [0.4, 0.5) is 0 Å². The van der Waals surface area contributed by atoms with Gasteiger partial charge in [0, 0.05) is 6.42 Å². The summed E-state index contributed by atoms with van der Waals surface area (Å²) in [6.45, 7) is 5.76. The molecule has 0 radical (unpaired) electrons. The lowest BCUT2D eigenvalue weighted by molar-refractivity contribution is -0.305. The van der Waals surface area contributed by atoms with E-state index in [9.17, 15) is 35.1 Å². The lowest BCUT2D eigenvalue weighted by Crippen LogP contribution is -2.61. The van der Waals surface area contributed by atoms with Gasteiger partial charge in [-0.3, -0.25) is 9.59 Å². The second-order valence-electron chi connectivity index (χ2n) is 22.1. The molecule has 0 spiro atoms. The van der Waals surface area contributed by atoms with E-state index in [1.54, 1.807) is 6.08 Å². The Morgan fingerprint density at radius 2 is 0.896 bits per heavy atom. The Kier molecular flexibility index (Phi) is 50.7. The van der Waals surface area contributed by atoms with Gasteiger partial charge in [-0.2, -0.15) is 0 Å². The zero-order valence-electron chi connectivity index (χ0n) is 49.6. The summed E-state index contributed by atoms with van der Waals surface area (Å²) in [6, 6.07) is -1.03. The zero-order chi connectivity index (χ0) is 56.1. The Labute approximate surface area is 471 Å². The van der Waals surface area contributed by atoms with Crippen LogP contribution in [0.15, 0.2) is 60.8 Å². The summed E-state index contributed by atoms with van der Waals surface area (Å²) in [5, 5.41) is 57.0. The van der Waals surface area contributed by atoms with Gasteiger partial charge in [0.1, 0.15) is 24.4 Å². The second kappa shape index (κ2) is 54.0. The van der Waals surface area contributed by atoms with Crippen LogP contribution in [0, 0.1) is 0 Å². The van der Waals surface area contributed by atoms with Gasteiger partial charge in [0.05, 0.1) is 25.4 Å². The van der Waals surface area contributed by atoms with Gasteiger partial charge in [0.15, 0.2) is 12.4 Å². The average molecular weight is 1090 g/mol. The fraction of sp³-hybridized carbons (Fsp3) is 0.818. The molecule has 1 rings (SSSR count). The third-order valence-electron chi connectivity index (χ3n) is 14.9. The molecule has 0 bridgehead atoms. The van der Waals surface area contributed by atoms with Crippen LogP contribution < -0.4 is 5.32 Å². The van der Waals surface area contributed by atoms with Crippen molar-refractivity contribution in [3.63, 3.8) is 0 Å². The van der Waals surface area contributed by atoms with Crippen molar-refractivity contribution >= 4 is 11.9 Å². The van der Waals surface area contributed by atoms with Crippen molar-refractivity contribution in [2.24, 2.45) is 0 Å². The molecule has 0 aromatic heterocycles. The summed E-state index contributed by atoms with van der Waals surface area (Å²) < 4.78 is 17.6. The number of carbonyl (C=O) groups excluding carboxylic acids is 2. The topological polar surface area (TPSA) is 175 Å². The molecule has 1 saturated heterocycles. The number of hydrogen-bond acceptors (Lipinski definition) is 10. The van der Waals surface area contributed by atoms with Crippen LogP contribution >= 0.6 is 0 Å². The largest absolute Gasteiger partial charge is 0.454 e. The van der Waals surface area contributed by atoms with E-state index < -0.39 is 67.4 Å². The van der Waals surface area contributed by atoms with E-state index in [4.69, 9.17) is 14.2 Å². The third-order valence-corrected chi connectivity index (χ3v) is 14.9. The molecule has 77 heavy (non-hydrogen) atoms. The first-order chi connectivity index (χ1) is 37.7. The Bertz CT molecular complexity index is 1480. The number of nitrogens with one attached hydrogen (secondary N) is 1. The molecule has 1 amide bonds. The molecular formula is C66H119NO10. The first-order valence-corrected chi connectivity index (χ1v) is 32.1. The maximum atomic E-state index is 13.4. The lowest BCUT2D eigenvalue weighted by Gasteiger charge is -2.41. The highest BCUT2D eigenvalue weighted by Gasteiger charge is 2.47. The van der Waals surface area contributed by atoms with Gasteiger partial charge < -0.3 is 45.1 Å². The van der Waals surface area contributed by atoms with E-state index in [1.165, 1.54) is 141 Å². The molecule has 11 nitrogen and oxygen atoms in total. The molecule has 11 heteroatoms. The van der Waals surface area contributed by atoms with Crippen molar-refractivity contribution in [1.82, 2.24) is 5.32 Å². The van der Waals surface area contributed by atoms with Crippen LogP contribution in [0.2, 0.25) is 0 Å². The number of carbonyl (C=O) groups is 2. The van der Waals surface area contributed by atoms with E-state index in [1.807, 2.05) is 6.08 Å². The monoisotopic (exact) mass is 1090 g/mol. The Hall–Kier alpha value is -2.64. The minimum Gasteiger partial charge on any atom is -0.454 e. The fourth-order valence-electron chi connectivity index (χ4n) is 9.77. The van der Waals surface area contributed by atoms with E-state index in [-0.39, 0.29) is 19.4 Å². The predicted octanol–water partition coefficient (Wildman–Crippen LogP) is 15.4. The lowest BCUT2D eigenvalue weighted by atomic mass is 9.99. The molecule has 8 unspecified atom stereocenters. The molecule has 0 aromatic carbocycles. The molecule has 0 aliphatic carbocycles. The van der Waals surface area contributed by atoms with Crippen molar-refractivity contribution < 1.29 is 49.3 Å². The summed E-state index contributed by atoms with van der Waals surface area (Å²) in [5.74, 6) is -1.20. The van der Waals surface area contributed by atoms with Gasteiger partial charge in [0.2, 0.25) is 5.91 Å². The van der Waals surface area contributed by atoms with Gasteiger partial charge in [-0.25, -0.2) is 0 Å². The number of unbranched alkanes of at least 4 members (excludes halogenated alkanes) is 32. The molecule has 1 aliphatic heterocycles. The van der Waals surface area contributed by atoms with Crippen molar-refractivity contribution in [3.8, 4) is 0 Å². The van der Waals surface area contributed by atoms with Gasteiger partial charge >= 0.3 is 5.97 Å². The zero-order valence-corrected chi connectivity index (χ0v) is 49.6. The van der Waals surface area contributed by atoms with E-state index >= 15 is 0 Å². The summed E-state index contributed by atoms with van der Waals surface area (Å²) in [6.07, 6.45) is 56.8. The van der Waals surface area contributed by atoms with Crippen molar-refractivity contribution in [2.75, 3.05) is 13.2 Å². The molecule has 0 aromatic rings. The molecule has 0 saturated carbocycles. The van der Waals surface area contributed by atoms with Crippen LogP contribution in [0.25, 0.3) is 0 Å². The second-order valence-corrected chi connectivity index (χ2v) is 22.1. The Morgan fingerprint density at radius 1 is 0.506 bits per heavy atom. The standard InChI is InChI=1S/C66H119NO10/c1-4-7-10-13-16-19-22-25-27-28-29-30-31-32-33-36-39-42-45-48-51-54-61(71)77-64-63(73)62(72)60(55-68)76-66(64)75-56-57(58(69)52-49-46-43-40-37-34-24-21-18-15-12-9-6-3)67-65(74)59(70)53-50-47-44-41-38-35-26-23-20-17-14-11-8-5-2/h16,19-20,23,25,27,29-30,49,52,57-60,62-64,66,68-70,72-73H,4-15,17-18,21-22,24,26,28,31-48,50-51,53-56H2,1-3H3,(H,67,74)/b19-16-,23-20-,27-25-,30-29-,52-49+. The van der Waals surface area contributed by atoms with Crippen LogP contribution in [-0.4, -0.2) is 99.6 Å². The highest BCUT2D eigenvalue weighted by Crippen LogP contribution is 2.26. The van der Waals surface area contributed by atoms with Crippen LogP contribution in [0.1, 0.15) is 284 Å².